The lowest BCUT2D eigenvalue weighted by molar-refractivity contribution is 0.0952. The highest BCUT2D eigenvalue weighted by Crippen LogP contribution is 2.21. The molecule has 2 aromatic heterocycles. The van der Waals surface area contributed by atoms with Gasteiger partial charge >= 0.3 is 0 Å². The number of carbonyl (C=O) groups is 1. The summed E-state index contributed by atoms with van der Waals surface area (Å²) in [6.07, 6.45) is 0.614. The van der Waals surface area contributed by atoms with Gasteiger partial charge in [-0.1, -0.05) is 54.5 Å². The number of rotatable bonds is 5. The Balaban J connectivity index is 1.65. The highest BCUT2D eigenvalue weighted by Gasteiger charge is 2.18. The molecule has 0 aliphatic rings. The fourth-order valence-electron chi connectivity index (χ4n) is 2.19. The van der Waals surface area contributed by atoms with E-state index in [9.17, 15) is 4.79 Å². The van der Waals surface area contributed by atoms with Gasteiger partial charge in [0.2, 0.25) is 9.97 Å². The molecule has 6 nitrogen and oxygen atoms in total. The summed E-state index contributed by atoms with van der Waals surface area (Å²) in [5.74, 6) is 0.698. The Morgan fingerprint density at radius 3 is 2.83 bits per heavy atom. The fourth-order valence-corrected chi connectivity index (χ4v) is 3.46. The lowest BCUT2D eigenvalue weighted by Gasteiger charge is -2.05. The van der Waals surface area contributed by atoms with E-state index in [0.717, 1.165) is 11.4 Å². The zero-order valence-electron chi connectivity index (χ0n) is 13.1. The lowest BCUT2D eigenvalue weighted by atomic mass is 10.1. The molecule has 0 spiro atoms. The number of hydrogen-bond acceptors (Lipinski definition) is 5. The first-order valence-electron chi connectivity index (χ1n) is 7.40. The smallest absolute Gasteiger partial charge is 0.282 e. The Kier molecular flexibility index (Phi) is 5.03. The maximum atomic E-state index is 12.2. The molecule has 24 heavy (non-hydrogen) atoms. The van der Waals surface area contributed by atoms with Crippen LogP contribution in [-0.4, -0.2) is 32.3 Å². The predicted octanol–water partition coefficient (Wildman–Crippen LogP) is 3.59. The standard InChI is InChI=1S/C15H15Cl2N5OS/c1-8(2)12-19-20-15-22(12)21-14(24-15)13(23)18-6-5-9-3-4-10(16)7-11(9)17/h3-4,7-8H,5-6H2,1-2H3,(H,18,23). The van der Waals surface area contributed by atoms with E-state index in [0.29, 0.717) is 33.0 Å². The summed E-state index contributed by atoms with van der Waals surface area (Å²) in [5.41, 5.74) is 0.932. The van der Waals surface area contributed by atoms with E-state index in [1.807, 2.05) is 19.9 Å². The van der Waals surface area contributed by atoms with Gasteiger partial charge in [0, 0.05) is 22.5 Å². The van der Waals surface area contributed by atoms with Crippen LogP contribution in [0.1, 0.15) is 41.0 Å². The molecule has 0 aliphatic carbocycles. The molecular formula is C15H15Cl2N5OS. The van der Waals surface area contributed by atoms with E-state index in [1.165, 1.54) is 11.3 Å². The average molecular weight is 384 g/mol. The molecule has 1 amide bonds. The molecule has 3 aromatic rings. The van der Waals surface area contributed by atoms with Crippen LogP contribution in [0.2, 0.25) is 10.0 Å². The number of benzene rings is 1. The van der Waals surface area contributed by atoms with E-state index < -0.39 is 0 Å². The highest BCUT2D eigenvalue weighted by molar-refractivity contribution is 7.18. The van der Waals surface area contributed by atoms with Gasteiger partial charge in [0.15, 0.2) is 5.82 Å². The van der Waals surface area contributed by atoms with Crippen LogP contribution in [0.3, 0.4) is 0 Å². The van der Waals surface area contributed by atoms with Crippen molar-refractivity contribution in [1.29, 1.82) is 0 Å². The van der Waals surface area contributed by atoms with Crippen molar-refractivity contribution < 1.29 is 4.79 Å². The van der Waals surface area contributed by atoms with Crippen LogP contribution in [0.25, 0.3) is 4.96 Å². The van der Waals surface area contributed by atoms with Crippen molar-refractivity contribution in [3.8, 4) is 0 Å². The number of aromatic nitrogens is 4. The highest BCUT2D eigenvalue weighted by atomic mass is 35.5. The van der Waals surface area contributed by atoms with Crippen molar-refractivity contribution in [1.82, 2.24) is 25.1 Å². The second kappa shape index (κ2) is 7.04. The van der Waals surface area contributed by atoms with Gasteiger partial charge in [-0.05, 0) is 24.1 Å². The SMILES string of the molecule is CC(C)c1nnc2sc(C(=O)NCCc3ccc(Cl)cc3Cl)nn12. The van der Waals surface area contributed by atoms with Gasteiger partial charge in [-0.15, -0.1) is 15.3 Å². The Bertz CT molecular complexity index is 889. The van der Waals surface area contributed by atoms with Gasteiger partial charge in [-0.25, -0.2) is 0 Å². The Morgan fingerprint density at radius 2 is 2.12 bits per heavy atom. The second-order valence-corrected chi connectivity index (χ2v) is 7.36. The minimum Gasteiger partial charge on any atom is -0.350 e. The van der Waals surface area contributed by atoms with Crippen LogP contribution >= 0.6 is 34.5 Å². The van der Waals surface area contributed by atoms with Crippen LogP contribution in [0.15, 0.2) is 18.2 Å². The molecule has 0 bridgehead atoms. The van der Waals surface area contributed by atoms with Gasteiger partial charge in [-0.3, -0.25) is 4.79 Å². The molecule has 0 aliphatic heterocycles. The third-order valence-electron chi connectivity index (χ3n) is 3.42. The summed E-state index contributed by atoms with van der Waals surface area (Å²) in [5, 5.41) is 16.8. The molecule has 2 heterocycles. The van der Waals surface area contributed by atoms with Crippen LogP contribution in [0.4, 0.5) is 0 Å². The van der Waals surface area contributed by atoms with E-state index in [2.05, 4.69) is 20.6 Å². The number of nitrogens with one attached hydrogen (secondary N) is 1. The molecule has 0 saturated carbocycles. The van der Waals surface area contributed by atoms with Gasteiger partial charge < -0.3 is 5.32 Å². The molecule has 9 heteroatoms. The Hall–Kier alpha value is -1.70. The predicted molar refractivity (Wildman–Crippen MR) is 95.2 cm³/mol. The molecule has 3 rings (SSSR count). The number of fused-ring (bicyclic) bond motifs is 1. The van der Waals surface area contributed by atoms with Gasteiger partial charge in [0.25, 0.3) is 5.91 Å². The minimum absolute atomic E-state index is 0.185. The minimum atomic E-state index is -0.231. The van der Waals surface area contributed by atoms with E-state index >= 15 is 0 Å². The normalized spacial score (nSPS) is 11.4. The molecule has 1 N–H and O–H groups in total. The summed E-state index contributed by atoms with van der Waals surface area (Å²) in [4.78, 5) is 12.9. The summed E-state index contributed by atoms with van der Waals surface area (Å²) < 4.78 is 1.63. The first-order chi connectivity index (χ1) is 11.5. The summed E-state index contributed by atoms with van der Waals surface area (Å²) in [6, 6.07) is 5.33. The monoisotopic (exact) mass is 383 g/mol. The molecular weight excluding hydrogens is 369 g/mol. The number of halogens is 2. The number of carbonyl (C=O) groups excluding carboxylic acids is 1. The van der Waals surface area contributed by atoms with Crippen molar-refractivity contribution in [2.24, 2.45) is 0 Å². The van der Waals surface area contributed by atoms with Gasteiger partial charge in [-0.2, -0.15) is 4.52 Å². The maximum Gasteiger partial charge on any atom is 0.282 e. The first kappa shape index (κ1) is 17.1. The van der Waals surface area contributed by atoms with Crippen LogP contribution in [-0.2, 0) is 6.42 Å². The molecule has 0 unspecified atom stereocenters. The van der Waals surface area contributed by atoms with Gasteiger partial charge in [0.05, 0.1) is 0 Å². The Labute approximate surface area is 152 Å². The summed E-state index contributed by atoms with van der Waals surface area (Å²) in [7, 11) is 0. The summed E-state index contributed by atoms with van der Waals surface area (Å²) in [6.45, 7) is 4.47. The fraction of sp³-hybridized carbons (Fsp3) is 0.333. The van der Waals surface area contributed by atoms with E-state index in [4.69, 9.17) is 23.2 Å². The number of amides is 1. The third-order valence-corrected chi connectivity index (χ3v) is 4.91. The van der Waals surface area contributed by atoms with Gasteiger partial charge in [0.1, 0.15) is 0 Å². The molecule has 0 radical (unpaired) electrons. The number of hydrogen-bond donors (Lipinski definition) is 1. The molecule has 0 atom stereocenters. The molecule has 0 fully saturated rings. The third kappa shape index (κ3) is 3.53. The van der Waals surface area contributed by atoms with Crippen molar-refractivity contribution in [3.05, 3.63) is 44.6 Å². The second-order valence-electron chi connectivity index (χ2n) is 5.56. The zero-order chi connectivity index (χ0) is 17.3. The largest absolute Gasteiger partial charge is 0.350 e. The number of nitrogens with zero attached hydrogens (tertiary/aromatic N) is 4. The first-order valence-corrected chi connectivity index (χ1v) is 8.97. The van der Waals surface area contributed by atoms with Crippen LogP contribution in [0, 0.1) is 0 Å². The van der Waals surface area contributed by atoms with Crippen LogP contribution < -0.4 is 5.32 Å². The molecule has 1 aromatic carbocycles. The molecule has 126 valence electrons. The van der Waals surface area contributed by atoms with Crippen molar-refractivity contribution >= 4 is 45.4 Å². The Morgan fingerprint density at radius 1 is 1.33 bits per heavy atom. The quantitative estimate of drug-likeness (QED) is 0.730. The van der Waals surface area contributed by atoms with Crippen molar-refractivity contribution in [2.75, 3.05) is 6.54 Å². The van der Waals surface area contributed by atoms with E-state index in [-0.39, 0.29) is 11.8 Å². The average Bonchev–Trinajstić information content (AvgIpc) is 3.09. The van der Waals surface area contributed by atoms with Crippen molar-refractivity contribution in [2.45, 2.75) is 26.2 Å². The lowest BCUT2D eigenvalue weighted by Crippen LogP contribution is -2.25. The maximum absolute atomic E-state index is 12.2. The van der Waals surface area contributed by atoms with Crippen LogP contribution in [0.5, 0.6) is 0 Å². The topological polar surface area (TPSA) is 72.2 Å². The van der Waals surface area contributed by atoms with E-state index in [1.54, 1.807) is 16.6 Å². The molecule has 0 saturated heterocycles. The summed E-state index contributed by atoms with van der Waals surface area (Å²) >= 11 is 13.2. The van der Waals surface area contributed by atoms with Crippen molar-refractivity contribution in [3.63, 3.8) is 0 Å². The zero-order valence-corrected chi connectivity index (χ0v) is 15.4.